The van der Waals surface area contributed by atoms with Gasteiger partial charge in [-0.05, 0) is 53.2 Å². The summed E-state index contributed by atoms with van der Waals surface area (Å²) in [6.45, 7) is 1.76. The van der Waals surface area contributed by atoms with Gasteiger partial charge in [0, 0.05) is 11.3 Å². The van der Waals surface area contributed by atoms with E-state index in [-0.39, 0.29) is 17.2 Å². The summed E-state index contributed by atoms with van der Waals surface area (Å²) in [4.78, 5) is 22.6. The minimum atomic E-state index is -1.01. The van der Waals surface area contributed by atoms with E-state index in [4.69, 9.17) is 9.52 Å². The van der Waals surface area contributed by atoms with Crippen molar-refractivity contribution in [2.45, 2.75) is 6.92 Å². The van der Waals surface area contributed by atoms with Gasteiger partial charge in [-0.1, -0.05) is 0 Å². The Morgan fingerprint density at radius 2 is 1.89 bits per heavy atom. The van der Waals surface area contributed by atoms with Crippen LogP contribution in [0, 0.1) is 6.92 Å². The molecule has 0 saturated carbocycles. The molecule has 0 aliphatic carbocycles. The summed E-state index contributed by atoms with van der Waals surface area (Å²) in [5.74, 6) is -1.18. The van der Waals surface area contributed by atoms with Crippen LogP contribution < -0.4 is 5.32 Å². The molecular weight excluding hydrogens is 314 g/mol. The molecule has 19 heavy (non-hydrogen) atoms. The zero-order valence-electron chi connectivity index (χ0n) is 9.94. The fraction of sp³-hybridized carbons (Fsp3) is 0.0769. The van der Waals surface area contributed by atoms with Crippen molar-refractivity contribution in [3.05, 3.63) is 51.9 Å². The highest BCUT2D eigenvalue weighted by Crippen LogP contribution is 2.21. The monoisotopic (exact) mass is 323 g/mol. The quantitative estimate of drug-likeness (QED) is 0.908. The predicted octanol–water partition coefficient (Wildman–Crippen LogP) is 3.30. The SMILES string of the molecule is Cc1cc(Br)oc1C(=O)Nc1ccc(C(=O)O)cc1. The normalized spacial score (nSPS) is 10.2. The van der Waals surface area contributed by atoms with Gasteiger partial charge in [0.05, 0.1) is 5.56 Å². The summed E-state index contributed by atoms with van der Waals surface area (Å²) in [6, 6.07) is 7.58. The zero-order valence-corrected chi connectivity index (χ0v) is 11.5. The Hall–Kier alpha value is -2.08. The first kappa shape index (κ1) is 13.4. The summed E-state index contributed by atoms with van der Waals surface area (Å²) in [7, 11) is 0. The highest BCUT2D eigenvalue weighted by Gasteiger charge is 2.15. The first-order valence-corrected chi connectivity index (χ1v) is 6.17. The van der Waals surface area contributed by atoms with Gasteiger partial charge in [0.1, 0.15) is 0 Å². The van der Waals surface area contributed by atoms with E-state index in [0.717, 1.165) is 0 Å². The molecule has 0 spiro atoms. The molecule has 1 heterocycles. The maximum Gasteiger partial charge on any atom is 0.335 e. The minimum absolute atomic E-state index is 0.162. The van der Waals surface area contributed by atoms with E-state index < -0.39 is 5.97 Å². The second-order valence-electron chi connectivity index (χ2n) is 3.90. The van der Waals surface area contributed by atoms with Crippen molar-refractivity contribution in [3.8, 4) is 0 Å². The van der Waals surface area contributed by atoms with E-state index in [1.807, 2.05) is 0 Å². The molecule has 5 nitrogen and oxygen atoms in total. The average Bonchev–Trinajstić information content (AvgIpc) is 2.69. The summed E-state index contributed by atoms with van der Waals surface area (Å²) in [5, 5.41) is 11.4. The standard InChI is InChI=1S/C13H10BrNO4/c1-7-6-10(14)19-11(7)12(16)15-9-4-2-8(3-5-9)13(17)18/h2-6H,1H3,(H,15,16)(H,17,18). The van der Waals surface area contributed by atoms with Crippen LogP contribution in [-0.4, -0.2) is 17.0 Å². The molecular formula is C13H10BrNO4. The molecule has 0 saturated heterocycles. The molecule has 98 valence electrons. The Kier molecular flexibility index (Phi) is 3.71. The van der Waals surface area contributed by atoms with Crippen molar-refractivity contribution in [2.24, 2.45) is 0 Å². The number of amides is 1. The number of hydrogen-bond donors (Lipinski definition) is 2. The number of halogens is 1. The second-order valence-corrected chi connectivity index (χ2v) is 4.68. The second kappa shape index (κ2) is 5.27. The average molecular weight is 324 g/mol. The lowest BCUT2D eigenvalue weighted by Crippen LogP contribution is -2.12. The van der Waals surface area contributed by atoms with Crippen LogP contribution in [0.2, 0.25) is 0 Å². The number of anilines is 1. The lowest BCUT2D eigenvalue weighted by Gasteiger charge is -2.04. The third kappa shape index (κ3) is 3.03. The van der Waals surface area contributed by atoms with Crippen molar-refractivity contribution in [1.29, 1.82) is 0 Å². The van der Waals surface area contributed by atoms with E-state index in [9.17, 15) is 9.59 Å². The van der Waals surface area contributed by atoms with E-state index in [2.05, 4.69) is 21.2 Å². The fourth-order valence-electron chi connectivity index (χ4n) is 1.55. The van der Waals surface area contributed by atoms with Crippen LogP contribution >= 0.6 is 15.9 Å². The molecule has 6 heteroatoms. The number of carbonyl (C=O) groups is 2. The molecule has 0 atom stereocenters. The van der Waals surface area contributed by atoms with E-state index in [1.165, 1.54) is 24.3 Å². The van der Waals surface area contributed by atoms with Crippen molar-refractivity contribution in [2.75, 3.05) is 5.32 Å². The van der Waals surface area contributed by atoms with Gasteiger partial charge in [-0.15, -0.1) is 0 Å². The van der Waals surface area contributed by atoms with Gasteiger partial charge in [-0.2, -0.15) is 0 Å². The summed E-state index contributed by atoms with van der Waals surface area (Å²) < 4.78 is 5.70. The third-order valence-electron chi connectivity index (χ3n) is 2.48. The van der Waals surface area contributed by atoms with Gasteiger partial charge < -0.3 is 14.8 Å². The summed E-state index contributed by atoms with van der Waals surface area (Å²) in [6.07, 6.45) is 0. The molecule has 0 fully saturated rings. The number of aryl methyl sites for hydroxylation is 1. The van der Waals surface area contributed by atoms with Gasteiger partial charge in [-0.25, -0.2) is 4.79 Å². The van der Waals surface area contributed by atoms with Gasteiger partial charge in [-0.3, -0.25) is 4.79 Å². The largest absolute Gasteiger partial charge is 0.478 e. The van der Waals surface area contributed by atoms with Crippen LogP contribution in [0.4, 0.5) is 5.69 Å². The van der Waals surface area contributed by atoms with Gasteiger partial charge in [0.15, 0.2) is 10.4 Å². The molecule has 2 aromatic rings. The lowest BCUT2D eigenvalue weighted by molar-refractivity contribution is 0.0696. The van der Waals surface area contributed by atoms with Gasteiger partial charge in [0.25, 0.3) is 5.91 Å². The topological polar surface area (TPSA) is 79.5 Å². The molecule has 0 radical (unpaired) electrons. The van der Waals surface area contributed by atoms with Crippen molar-refractivity contribution < 1.29 is 19.1 Å². The van der Waals surface area contributed by atoms with Gasteiger partial charge >= 0.3 is 5.97 Å². The smallest absolute Gasteiger partial charge is 0.335 e. The zero-order chi connectivity index (χ0) is 14.0. The van der Waals surface area contributed by atoms with Crippen LogP contribution in [0.25, 0.3) is 0 Å². The number of carbonyl (C=O) groups excluding carboxylic acids is 1. The number of nitrogens with one attached hydrogen (secondary N) is 1. The number of hydrogen-bond acceptors (Lipinski definition) is 3. The number of aromatic carboxylic acids is 1. The Bertz CT molecular complexity index is 631. The Labute approximate surface area is 117 Å². The first-order valence-electron chi connectivity index (χ1n) is 5.38. The number of benzene rings is 1. The molecule has 1 aromatic carbocycles. The highest BCUT2D eigenvalue weighted by molar-refractivity contribution is 9.10. The van der Waals surface area contributed by atoms with E-state index in [0.29, 0.717) is 15.9 Å². The van der Waals surface area contributed by atoms with Crippen LogP contribution in [0.15, 0.2) is 39.4 Å². The predicted molar refractivity (Wildman–Crippen MR) is 72.5 cm³/mol. The van der Waals surface area contributed by atoms with Gasteiger partial charge in [0.2, 0.25) is 0 Å². The molecule has 0 unspecified atom stereocenters. The minimum Gasteiger partial charge on any atom is -0.478 e. The maximum atomic E-state index is 11.9. The first-order chi connectivity index (χ1) is 8.97. The van der Waals surface area contributed by atoms with E-state index >= 15 is 0 Å². The van der Waals surface area contributed by atoms with E-state index in [1.54, 1.807) is 13.0 Å². The third-order valence-corrected chi connectivity index (χ3v) is 2.87. The van der Waals surface area contributed by atoms with Crippen LogP contribution in [0.1, 0.15) is 26.5 Å². The lowest BCUT2D eigenvalue weighted by atomic mass is 10.2. The van der Waals surface area contributed by atoms with Crippen LogP contribution in [0.5, 0.6) is 0 Å². The summed E-state index contributed by atoms with van der Waals surface area (Å²) in [5.41, 5.74) is 1.38. The van der Waals surface area contributed by atoms with Crippen LogP contribution in [-0.2, 0) is 0 Å². The molecule has 2 N–H and O–H groups in total. The molecule has 1 aromatic heterocycles. The maximum absolute atomic E-state index is 11.9. The molecule has 0 aliphatic rings. The van der Waals surface area contributed by atoms with Crippen molar-refractivity contribution >= 4 is 33.5 Å². The molecule has 2 rings (SSSR count). The molecule has 1 amide bonds. The highest BCUT2D eigenvalue weighted by atomic mass is 79.9. The number of carboxylic acids is 1. The fourth-order valence-corrected chi connectivity index (χ4v) is 2.06. The Morgan fingerprint density at radius 3 is 2.37 bits per heavy atom. The summed E-state index contributed by atoms with van der Waals surface area (Å²) >= 11 is 3.15. The Morgan fingerprint density at radius 1 is 1.26 bits per heavy atom. The molecule has 0 bridgehead atoms. The van der Waals surface area contributed by atoms with Crippen molar-refractivity contribution in [3.63, 3.8) is 0 Å². The number of carboxylic acid groups (broad SMARTS) is 1. The van der Waals surface area contributed by atoms with Crippen molar-refractivity contribution in [1.82, 2.24) is 0 Å². The Balaban J connectivity index is 2.15. The number of rotatable bonds is 3. The molecule has 0 aliphatic heterocycles. The van der Waals surface area contributed by atoms with Crippen LogP contribution in [0.3, 0.4) is 0 Å². The number of furan rings is 1.